The van der Waals surface area contributed by atoms with Gasteiger partial charge >= 0.3 is 6.36 Å². The molecule has 0 unspecified atom stereocenters. The number of nitrogens with one attached hydrogen (secondary N) is 1. The lowest BCUT2D eigenvalue weighted by Gasteiger charge is -2.10. The van der Waals surface area contributed by atoms with E-state index < -0.39 is 6.36 Å². The summed E-state index contributed by atoms with van der Waals surface area (Å²) in [6.07, 6.45) is -4.66. The molecule has 96 valence electrons. The molecule has 0 saturated heterocycles. The van der Waals surface area contributed by atoms with E-state index in [1.54, 1.807) is 17.4 Å². The fourth-order valence-electron chi connectivity index (χ4n) is 1.40. The molecule has 0 spiro atoms. The van der Waals surface area contributed by atoms with Crippen LogP contribution < -0.4 is 10.1 Å². The van der Waals surface area contributed by atoms with Crippen molar-refractivity contribution in [1.29, 1.82) is 0 Å². The summed E-state index contributed by atoms with van der Waals surface area (Å²) < 4.78 is 40.0. The van der Waals surface area contributed by atoms with Gasteiger partial charge in [0, 0.05) is 18.3 Å². The number of alkyl halides is 3. The molecule has 0 aliphatic heterocycles. The highest BCUT2D eigenvalue weighted by Crippen LogP contribution is 2.25. The van der Waals surface area contributed by atoms with Crippen LogP contribution in [0.2, 0.25) is 0 Å². The Bertz CT molecular complexity index is 496. The zero-order valence-electron chi connectivity index (χ0n) is 9.20. The number of anilines is 1. The molecule has 1 heterocycles. The van der Waals surface area contributed by atoms with E-state index >= 15 is 0 Å². The Morgan fingerprint density at radius 3 is 2.72 bits per heavy atom. The predicted octanol–water partition coefficient (Wildman–Crippen LogP) is 4.26. The van der Waals surface area contributed by atoms with Gasteiger partial charge in [-0.15, -0.1) is 13.2 Å². The molecule has 1 N–H and O–H groups in total. The van der Waals surface area contributed by atoms with Crippen LogP contribution in [0.1, 0.15) is 5.56 Å². The summed E-state index contributed by atoms with van der Waals surface area (Å²) in [6.45, 7) is 0.568. The highest BCUT2D eigenvalue weighted by Gasteiger charge is 2.31. The van der Waals surface area contributed by atoms with Gasteiger partial charge in [0.05, 0.1) is 0 Å². The summed E-state index contributed by atoms with van der Waals surface area (Å²) in [5.41, 5.74) is 1.67. The highest BCUT2D eigenvalue weighted by molar-refractivity contribution is 7.07. The number of halogens is 3. The van der Waals surface area contributed by atoms with Gasteiger partial charge in [-0.25, -0.2) is 0 Å². The molecule has 1 aromatic heterocycles. The van der Waals surface area contributed by atoms with Crippen LogP contribution in [0.5, 0.6) is 5.75 Å². The van der Waals surface area contributed by atoms with Gasteiger partial charge < -0.3 is 10.1 Å². The number of rotatable bonds is 4. The Hall–Kier alpha value is -1.69. The molecule has 2 rings (SSSR count). The van der Waals surface area contributed by atoms with Crippen LogP contribution in [0, 0.1) is 0 Å². The topological polar surface area (TPSA) is 21.3 Å². The highest BCUT2D eigenvalue weighted by atomic mass is 32.1. The first kappa shape index (κ1) is 12.8. The fourth-order valence-corrected chi connectivity index (χ4v) is 2.07. The van der Waals surface area contributed by atoms with Gasteiger partial charge in [-0.3, -0.25) is 0 Å². The Kier molecular flexibility index (Phi) is 3.76. The average molecular weight is 273 g/mol. The zero-order chi connectivity index (χ0) is 13.0. The summed E-state index contributed by atoms with van der Waals surface area (Å²) in [5, 5.41) is 6.95. The molecule has 0 bridgehead atoms. The largest absolute Gasteiger partial charge is 0.573 e. The molecule has 0 fully saturated rings. The van der Waals surface area contributed by atoms with Crippen LogP contribution in [0.4, 0.5) is 18.9 Å². The molecule has 1 aromatic carbocycles. The van der Waals surface area contributed by atoms with Gasteiger partial charge in [0.15, 0.2) is 0 Å². The smallest absolute Gasteiger partial charge is 0.406 e. The normalized spacial score (nSPS) is 11.3. The third kappa shape index (κ3) is 3.96. The SMILES string of the molecule is FC(F)(F)Oc1cccc(NCc2ccsc2)c1. The average Bonchev–Trinajstić information content (AvgIpc) is 2.77. The van der Waals surface area contributed by atoms with Crippen LogP contribution in [0.15, 0.2) is 41.1 Å². The second-order valence-electron chi connectivity index (χ2n) is 3.56. The van der Waals surface area contributed by atoms with E-state index in [9.17, 15) is 13.2 Å². The molecular formula is C12H10F3NOS. The van der Waals surface area contributed by atoms with E-state index in [1.165, 1.54) is 18.2 Å². The maximum Gasteiger partial charge on any atom is 0.573 e. The van der Waals surface area contributed by atoms with Crippen LogP contribution in [0.3, 0.4) is 0 Å². The molecule has 0 amide bonds. The van der Waals surface area contributed by atoms with Crippen molar-refractivity contribution in [2.75, 3.05) is 5.32 Å². The monoisotopic (exact) mass is 273 g/mol. The quantitative estimate of drug-likeness (QED) is 0.898. The van der Waals surface area contributed by atoms with Gasteiger partial charge in [-0.1, -0.05) is 6.07 Å². The lowest BCUT2D eigenvalue weighted by molar-refractivity contribution is -0.274. The van der Waals surface area contributed by atoms with Crippen molar-refractivity contribution in [3.63, 3.8) is 0 Å². The molecular weight excluding hydrogens is 263 g/mol. The van der Waals surface area contributed by atoms with Crippen LogP contribution in [-0.2, 0) is 6.54 Å². The first-order valence-electron chi connectivity index (χ1n) is 5.14. The predicted molar refractivity (Wildman–Crippen MR) is 64.8 cm³/mol. The van der Waals surface area contributed by atoms with Gasteiger partial charge in [-0.2, -0.15) is 11.3 Å². The minimum atomic E-state index is -4.66. The second-order valence-corrected chi connectivity index (χ2v) is 4.34. The van der Waals surface area contributed by atoms with Crippen LogP contribution >= 0.6 is 11.3 Å². The Morgan fingerprint density at radius 2 is 2.06 bits per heavy atom. The van der Waals surface area contributed by atoms with Gasteiger partial charge in [0.25, 0.3) is 0 Å². The van der Waals surface area contributed by atoms with E-state index in [0.717, 1.165) is 5.56 Å². The van der Waals surface area contributed by atoms with Crippen molar-refractivity contribution in [2.45, 2.75) is 12.9 Å². The Labute approximate surface area is 106 Å². The maximum absolute atomic E-state index is 12.0. The number of benzene rings is 1. The fraction of sp³-hybridized carbons (Fsp3) is 0.167. The van der Waals surface area contributed by atoms with E-state index in [2.05, 4.69) is 10.1 Å². The van der Waals surface area contributed by atoms with Crippen molar-refractivity contribution in [1.82, 2.24) is 0 Å². The van der Waals surface area contributed by atoms with Crippen molar-refractivity contribution in [3.05, 3.63) is 46.7 Å². The number of thiophene rings is 1. The number of ether oxygens (including phenoxy) is 1. The van der Waals surface area contributed by atoms with Gasteiger partial charge in [-0.05, 0) is 34.5 Å². The van der Waals surface area contributed by atoms with Crippen molar-refractivity contribution < 1.29 is 17.9 Å². The summed E-state index contributed by atoms with van der Waals surface area (Å²) >= 11 is 1.57. The molecule has 18 heavy (non-hydrogen) atoms. The zero-order valence-corrected chi connectivity index (χ0v) is 10.0. The molecule has 2 aromatic rings. The van der Waals surface area contributed by atoms with E-state index in [1.807, 2.05) is 16.8 Å². The first-order chi connectivity index (χ1) is 8.53. The van der Waals surface area contributed by atoms with E-state index in [0.29, 0.717) is 12.2 Å². The third-order valence-corrected chi connectivity index (χ3v) is 2.88. The van der Waals surface area contributed by atoms with Crippen LogP contribution in [-0.4, -0.2) is 6.36 Å². The number of hydrogen-bond acceptors (Lipinski definition) is 3. The molecule has 0 saturated carbocycles. The van der Waals surface area contributed by atoms with Gasteiger partial charge in [0.2, 0.25) is 0 Å². The molecule has 6 heteroatoms. The minimum Gasteiger partial charge on any atom is -0.406 e. The standard InChI is InChI=1S/C12H10F3NOS/c13-12(14,15)17-11-3-1-2-10(6-11)16-7-9-4-5-18-8-9/h1-6,8,16H,7H2. The summed E-state index contributed by atoms with van der Waals surface area (Å²) in [7, 11) is 0. The first-order valence-corrected chi connectivity index (χ1v) is 6.08. The lowest BCUT2D eigenvalue weighted by atomic mass is 10.3. The van der Waals surface area contributed by atoms with Crippen LogP contribution in [0.25, 0.3) is 0 Å². The van der Waals surface area contributed by atoms with E-state index in [4.69, 9.17) is 0 Å². The summed E-state index contributed by atoms with van der Waals surface area (Å²) in [4.78, 5) is 0. The molecule has 0 aliphatic carbocycles. The van der Waals surface area contributed by atoms with Crippen molar-refractivity contribution in [3.8, 4) is 5.75 Å². The molecule has 0 radical (unpaired) electrons. The second kappa shape index (κ2) is 5.30. The van der Waals surface area contributed by atoms with Crippen molar-refractivity contribution in [2.24, 2.45) is 0 Å². The minimum absolute atomic E-state index is 0.224. The maximum atomic E-state index is 12.0. The van der Waals surface area contributed by atoms with Crippen molar-refractivity contribution >= 4 is 17.0 Å². The van der Waals surface area contributed by atoms with E-state index in [-0.39, 0.29) is 5.75 Å². The Balaban J connectivity index is 1.99. The number of hydrogen-bond donors (Lipinski definition) is 1. The summed E-state index contributed by atoms with van der Waals surface area (Å²) in [6, 6.07) is 7.74. The van der Waals surface area contributed by atoms with Gasteiger partial charge in [0.1, 0.15) is 5.75 Å². The molecule has 2 nitrogen and oxygen atoms in total. The third-order valence-electron chi connectivity index (χ3n) is 2.14. The Morgan fingerprint density at radius 1 is 1.22 bits per heavy atom. The molecule has 0 aliphatic rings. The molecule has 0 atom stereocenters. The summed E-state index contributed by atoms with van der Waals surface area (Å²) in [5.74, 6) is -0.224. The lowest BCUT2D eigenvalue weighted by Crippen LogP contribution is -2.17.